The molecule has 1 aromatic rings. The van der Waals surface area contributed by atoms with Crippen LogP contribution in [0.5, 0.6) is 0 Å². The summed E-state index contributed by atoms with van der Waals surface area (Å²) >= 11 is 0. The first-order valence-electron chi connectivity index (χ1n) is 3.17. The van der Waals surface area contributed by atoms with Crippen molar-refractivity contribution in [3.63, 3.8) is 0 Å². The van der Waals surface area contributed by atoms with E-state index < -0.39 is 0 Å². The maximum Gasteiger partial charge on any atom is 2.00 e. The van der Waals surface area contributed by atoms with Crippen molar-refractivity contribution in [2.75, 3.05) is 0 Å². The molecule has 0 fully saturated rings. The van der Waals surface area contributed by atoms with E-state index in [4.69, 9.17) is 0 Å². The summed E-state index contributed by atoms with van der Waals surface area (Å²) < 4.78 is 0. The van der Waals surface area contributed by atoms with Crippen LogP contribution in [-0.4, -0.2) is 0 Å². The molecule has 1 heteroatoms. The maximum atomic E-state index is 2.08. The average molecular weight is 178 g/mol. The van der Waals surface area contributed by atoms with Crippen molar-refractivity contribution in [1.82, 2.24) is 0 Å². The third-order valence-corrected chi connectivity index (χ3v) is 0.556. The molecule has 1 rings (SSSR count). The molecule has 0 radical (unpaired) electrons. The van der Waals surface area contributed by atoms with Gasteiger partial charge >= 0.3 is 17.1 Å². The molecule has 0 aliphatic rings. The van der Waals surface area contributed by atoms with Gasteiger partial charge in [0.25, 0.3) is 0 Å². The van der Waals surface area contributed by atoms with Gasteiger partial charge in [0.05, 0.1) is 0 Å². The van der Waals surface area contributed by atoms with Crippen molar-refractivity contribution in [1.29, 1.82) is 0 Å². The summed E-state index contributed by atoms with van der Waals surface area (Å²) in [6.07, 6.45) is 0. The molecule has 0 spiro atoms. The fraction of sp³-hybridized carbons (Fsp3) is 0.333. The topological polar surface area (TPSA) is 0 Å². The van der Waals surface area contributed by atoms with E-state index in [2.05, 4.69) is 20.8 Å². The van der Waals surface area contributed by atoms with Crippen molar-refractivity contribution in [2.45, 2.75) is 20.8 Å². The second-order valence-electron chi connectivity index (χ2n) is 2.46. The van der Waals surface area contributed by atoms with E-state index >= 15 is 0 Å². The minimum absolute atomic E-state index is 0. The first-order chi connectivity index (χ1) is 4.23. The Hall–Kier alpha value is -0.131. The van der Waals surface area contributed by atoms with Crippen LogP contribution >= 0.6 is 0 Å². The summed E-state index contributed by atoms with van der Waals surface area (Å²) in [4.78, 5) is 0. The standard InChI is InChI=1S/C5H5.C4H9.Fe/c1-2-4-5-3-1;1-4(2)3;/h1-5H;1-3H3;/q2*-1;+2. The summed E-state index contributed by atoms with van der Waals surface area (Å²) in [5.74, 6) is 1.42. The quantitative estimate of drug-likeness (QED) is 0.423. The second-order valence-corrected chi connectivity index (χ2v) is 2.46. The Morgan fingerprint density at radius 3 is 1.40 bits per heavy atom. The molecule has 1 aromatic carbocycles. The van der Waals surface area contributed by atoms with Crippen molar-refractivity contribution in [3.05, 3.63) is 36.2 Å². The minimum atomic E-state index is 0. The second kappa shape index (κ2) is 8.87. The van der Waals surface area contributed by atoms with Gasteiger partial charge in [-0.05, 0) is 0 Å². The Kier molecular flexibility index (Phi) is 11.1. The smallest absolute Gasteiger partial charge is 0.323 e. The van der Waals surface area contributed by atoms with Crippen molar-refractivity contribution >= 4 is 0 Å². The van der Waals surface area contributed by atoms with Gasteiger partial charge in [-0.1, -0.05) is 0 Å². The van der Waals surface area contributed by atoms with E-state index in [1.54, 1.807) is 0 Å². The van der Waals surface area contributed by atoms with Crippen LogP contribution < -0.4 is 0 Å². The Bertz CT molecular complexity index is 88.3. The zero-order chi connectivity index (χ0) is 7.11. The van der Waals surface area contributed by atoms with Gasteiger partial charge in [0.2, 0.25) is 0 Å². The molecule has 0 aliphatic heterocycles. The zero-order valence-electron chi connectivity index (χ0n) is 6.74. The summed E-state index contributed by atoms with van der Waals surface area (Å²) in [6.45, 7) is 6.25. The van der Waals surface area contributed by atoms with E-state index in [-0.39, 0.29) is 17.1 Å². The number of hydrogen-bond acceptors (Lipinski definition) is 0. The van der Waals surface area contributed by atoms with Gasteiger partial charge in [-0.3, -0.25) is 0 Å². The van der Waals surface area contributed by atoms with Crippen molar-refractivity contribution in [2.24, 2.45) is 0 Å². The van der Waals surface area contributed by atoms with Gasteiger partial charge in [0, 0.05) is 0 Å². The van der Waals surface area contributed by atoms with E-state index in [9.17, 15) is 0 Å². The Balaban J connectivity index is 0. The molecule has 0 atom stereocenters. The molecule has 0 aliphatic carbocycles. The predicted octanol–water partition coefficient (Wildman–Crippen LogP) is 3.02. The molecule has 0 nitrogen and oxygen atoms in total. The fourth-order valence-electron chi connectivity index (χ4n) is 0.321. The molecule has 0 aromatic heterocycles. The van der Waals surface area contributed by atoms with Crippen LogP contribution in [0.25, 0.3) is 0 Å². The molecule has 58 valence electrons. The van der Waals surface area contributed by atoms with Crippen molar-refractivity contribution < 1.29 is 17.1 Å². The monoisotopic (exact) mass is 178 g/mol. The molecule has 0 amide bonds. The normalized spacial score (nSPS) is 7.60. The zero-order valence-corrected chi connectivity index (χ0v) is 7.84. The van der Waals surface area contributed by atoms with Crippen LogP contribution in [-0.2, 0) is 17.1 Å². The van der Waals surface area contributed by atoms with E-state index in [0.29, 0.717) is 0 Å². The molecule has 0 saturated carbocycles. The van der Waals surface area contributed by atoms with Gasteiger partial charge in [-0.15, -0.1) is 0 Å². The molecule has 0 unspecified atom stereocenters. The van der Waals surface area contributed by atoms with E-state index in [1.165, 1.54) is 5.92 Å². The van der Waals surface area contributed by atoms with Gasteiger partial charge in [-0.2, -0.15) is 39.0 Å². The minimum Gasteiger partial charge on any atom is -0.323 e. The third kappa shape index (κ3) is 15.7. The van der Waals surface area contributed by atoms with E-state index in [0.717, 1.165) is 0 Å². The van der Waals surface area contributed by atoms with Gasteiger partial charge in [-0.25, -0.2) is 12.1 Å². The first kappa shape index (κ1) is 12.5. The molecule has 0 heterocycles. The molecular formula is C9H14Fe. The summed E-state index contributed by atoms with van der Waals surface area (Å²) in [5, 5.41) is 0. The first-order valence-corrected chi connectivity index (χ1v) is 3.17. The van der Waals surface area contributed by atoms with Gasteiger partial charge in [0.15, 0.2) is 0 Å². The van der Waals surface area contributed by atoms with Gasteiger partial charge in [0.1, 0.15) is 0 Å². The fourth-order valence-corrected chi connectivity index (χ4v) is 0.321. The van der Waals surface area contributed by atoms with Crippen LogP contribution in [0.3, 0.4) is 0 Å². The largest absolute Gasteiger partial charge is 2.00 e. The van der Waals surface area contributed by atoms with Crippen LogP contribution in [0, 0.1) is 5.92 Å². The maximum absolute atomic E-state index is 2.08. The SMILES string of the molecule is C[C-](C)C.[Fe+2].c1cc[cH-]c1. The summed E-state index contributed by atoms with van der Waals surface area (Å²) in [6, 6.07) is 10.0. The molecule has 0 bridgehead atoms. The Morgan fingerprint density at radius 2 is 1.30 bits per heavy atom. The number of rotatable bonds is 0. The summed E-state index contributed by atoms with van der Waals surface area (Å²) in [7, 11) is 0. The third-order valence-electron chi connectivity index (χ3n) is 0.556. The Labute approximate surface area is 74.5 Å². The molecular weight excluding hydrogens is 164 g/mol. The van der Waals surface area contributed by atoms with Crippen LogP contribution in [0.2, 0.25) is 0 Å². The Morgan fingerprint density at radius 1 is 1.00 bits per heavy atom. The average Bonchev–Trinajstić information content (AvgIpc) is 2.11. The number of hydrogen-bond donors (Lipinski definition) is 0. The van der Waals surface area contributed by atoms with Crippen LogP contribution in [0.15, 0.2) is 30.3 Å². The molecule has 10 heavy (non-hydrogen) atoms. The molecule has 0 N–H and O–H groups in total. The van der Waals surface area contributed by atoms with Crippen molar-refractivity contribution in [3.8, 4) is 0 Å². The van der Waals surface area contributed by atoms with Crippen LogP contribution in [0.4, 0.5) is 0 Å². The van der Waals surface area contributed by atoms with Crippen LogP contribution in [0.1, 0.15) is 20.8 Å². The van der Waals surface area contributed by atoms with E-state index in [1.807, 2.05) is 30.3 Å². The molecule has 0 saturated heterocycles. The predicted molar refractivity (Wildman–Crippen MR) is 42.3 cm³/mol. The summed E-state index contributed by atoms with van der Waals surface area (Å²) in [5.41, 5.74) is 0. The van der Waals surface area contributed by atoms with Gasteiger partial charge < -0.3 is 5.92 Å².